The van der Waals surface area contributed by atoms with Gasteiger partial charge < -0.3 is 19.8 Å². The number of hydrogen-bond acceptors (Lipinski definition) is 4. The molecular formula is C11H17N3O4. The number of rotatable bonds is 6. The molecule has 0 aliphatic heterocycles. The van der Waals surface area contributed by atoms with Crippen molar-refractivity contribution in [2.75, 3.05) is 13.1 Å². The Morgan fingerprint density at radius 2 is 2.28 bits per heavy atom. The number of carboxylic acid groups (broad SMARTS) is 1. The van der Waals surface area contributed by atoms with Crippen molar-refractivity contribution in [1.29, 1.82) is 0 Å². The Morgan fingerprint density at radius 3 is 2.78 bits per heavy atom. The van der Waals surface area contributed by atoms with Gasteiger partial charge in [-0.25, -0.2) is 4.79 Å². The minimum absolute atomic E-state index is 0.188. The van der Waals surface area contributed by atoms with Gasteiger partial charge in [0.25, 0.3) is 0 Å². The maximum Gasteiger partial charge on any atom is 0.323 e. The number of hydrogen-bond donors (Lipinski definition) is 2. The van der Waals surface area contributed by atoms with E-state index in [4.69, 9.17) is 9.63 Å². The molecule has 1 rings (SSSR count). The van der Waals surface area contributed by atoms with Crippen LogP contribution >= 0.6 is 0 Å². The minimum atomic E-state index is -1.04. The van der Waals surface area contributed by atoms with Crippen LogP contribution in [0.1, 0.15) is 19.6 Å². The van der Waals surface area contributed by atoms with Gasteiger partial charge in [-0.05, 0) is 5.92 Å². The summed E-state index contributed by atoms with van der Waals surface area (Å²) in [5, 5.41) is 14.8. The molecule has 7 heteroatoms. The third kappa shape index (κ3) is 4.86. The third-order valence-electron chi connectivity index (χ3n) is 2.10. The topological polar surface area (TPSA) is 95.7 Å². The lowest BCUT2D eigenvalue weighted by atomic mass is 10.2. The number of nitrogens with zero attached hydrogens (tertiary/aromatic N) is 2. The number of amides is 2. The molecule has 0 bridgehead atoms. The molecule has 0 saturated heterocycles. The van der Waals surface area contributed by atoms with Crippen molar-refractivity contribution in [3.05, 3.63) is 18.0 Å². The van der Waals surface area contributed by atoms with E-state index in [2.05, 4.69) is 10.5 Å². The van der Waals surface area contributed by atoms with E-state index in [-0.39, 0.29) is 19.0 Å². The van der Waals surface area contributed by atoms with Gasteiger partial charge in [0.05, 0.1) is 12.7 Å². The number of carbonyl (C=O) groups is 2. The molecule has 18 heavy (non-hydrogen) atoms. The Hall–Kier alpha value is -2.05. The van der Waals surface area contributed by atoms with Crippen molar-refractivity contribution in [3.63, 3.8) is 0 Å². The normalized spacial score (nSPS) is 10.4. The largest absolute Gasteiger partial charge is 0.480 e. The van der Waals surface area contributed by atoms with Gasteiger partial charge in [-0.3, -0.25) is 4.79 Å². The molecule has 2 N–H and O–H groups in total. The molecule has 0 unspecified atom stereocenters. The molecule has 0 radical (unpaired) electrons. The van der Waals surface area contributed by atoms with Gasteiger partial charge >= 0.3 is 12.0 Å². The average molecular weight is 255 g/mol. The summed E-state index contributed by atoms with van der Waals surface area (Å²) in [4.78, 5) is 23.7. The second-order valence-corrected chi connectivity index (χ2v) is 4.31. The molecule has 1 heterocycles. The second-order valence-electron chi connectivity index (χ2n) is 4.31. The predicted octanol–water partition coefficient (Wildman–Crippen LogP) is 0.927. The van der Waals surface area contributed by atoms with E-state index in [9.17, 15) is 9.59 Å². The summed E-state index contributed by atoms with van der Waals surface area (Å²) in [7, 11) is 0. The Kier molecular flexibility index (Phi) is 5.16. The zero-order valence-electron chi connectivity index (χ0n) is 10.4. The molecule has 0 aliphatic rings. The lowest BCUT2D eigenvalue weighted by molar-refractivity contribution is -0.137. The van der Waals surface area contributed by atoms with Crippen LogP contribution in [0.3, 0.4) is 0 Å². The van der Waals surface area contributed by atoms with Crippen molar-refractivity contribution in [1.82, 2.24) is 15.4 Å². The number of carbonyl (C=O) groups excluding carboxylic acids is 1. The van der Waals surface area contributed by atoms with Gasteiger partial charge in [0.1, 0.15) is 6.54 Å². The first-order valence-corrected chi connectivity index (χ1v) is 5.63. The average Bonchev–Trinajstić information content (AvgIpc) is 2.76. The standard InChI is InChI=1S/C11H17N3O4/c1-8(2)6-14(7-10(15)16)11(17)12-5-9-3-4-13-18-9/h3-4,8H,5-7H2,1-2H3,(H,12,17)(H,15,16). The summed E-state index contributed by atoms with van der Waals surface area (Å²) in [5.41, 5.74) is 0. The van der Waals surface area contributed by atoms with Gasteiger partial charge in [0.15, 0.2) is 5.76 Å². The summed E-state index contributed by atoms with van der Waals surface area (Å²) >= 11 is 0. The fraction of sp³-hybridized carbons (Fsp3) is 0.545. The third-order valence-corrected chi connectivity index (χ3v) is 2.10. The lowest BCUT2D eigenvalue weighted by Gasteiger charge is -2.22. The highest BCUT2D eigenvalue weighted by Gasteiger charge is 2.17. The zero-order chi connectivity index (χ0) is 13.5. The van der Waals surface area contributed by atoms with Crippen molar-refractivity contribution >= 4 is 12.0 Å². The molecule has 100 valence electrons. The van der Waals surface area contributed by atoms with Gasteiger partial charge in [-0.2, -0.15) is 0 Å². The Labute approximate surface area is 105 Å². The number of nitrogens with one attached hydrogen (secondary N) is 1. The number of urea groups is 1. The van der Waals surface area contributed by atoms with Crippen molar-refractivity contribution in [3.8, 4) is 0 Å². The molecule has 7 nitrogen and oxygen atoms in total. The van der Waals surface area contributed by atoms with Gasteiger partial charge in [-0.1, -0.05) is 19.0 Å². The summed E-state index contributed by atoms with van der Waals surface area (Å²) in [6.45, 7) is 4.08. The second kappa shape index (κ2) is 6.63. The molecule has 0 aromatic carbocycles. The first kappa shape index (κ1) is 14.0. The van der Waals surface area contributed by atoms with Crippen LogP contribution in [0.15, 0.2) is 16.8 Å². The molecule has 0 atom stereocenters. The fourth-order valence-corrected chi connectivity index (χ4v) is 1.43. The molecular weight excluding hydrogens is 238 g/mol. The molecule has 0 aliphatic carbocycles. The summed E-state index contributed by atoms with van der Waals surface area (Å²) < 4.78 is 4.83. The highest BCUT2D eigenvalue weighted by atomic mass is 16.5. The number of aliphatic carboxylic acids is 1. The van der Waals surface area contributed by atoms with E-state index in [1.165, 1.54) is 11.1 Å². The van der Waals surface area contributed by atoms with Crippen molar-refractivity contribution in [2.45, 2.75) is 20.4 Å². The summed E-state index contributed by atoms with van der Waals surface area (Å²) in [6.07, 6.45) is 1.48. The van der Waals surface area contributed by atoms with Crippen LogP contribution in [0.4, 0.5) is 4.79 Å². The van der Waals surface area contributed by atoms with E-state index in [0.717, 1.165) is 0 Å². The molecule has 0 spiro atoms. The Morgan fingerprint density at radius 1 is 1.56 bits per heavy atom. The van der Waals surface area contributed by atoms with Crippen LogP contribution in [0.5, 0.6) is 0 Å². The fourth-order valence-electron chi connectivity index (χ4n) is 1.43. The minimum Gasteiger partial charge on any atom is -0.480 e. The van der Waals surface area contributed by atoms with E-state index in [1.807, 2.05) is 13.8 Å². The monoisotopic (exact) mass is 255 g/mol. The van der Waals surface area contributed by atoms with Crippen LogP contribution < -0.4 is 5.32 Å². The maximum absolute atomic E-state index is 11.8. The molecule has 0 saturated carbocycles. The van der Waals surface area contributed by atoms with Crippen LogP contribution in [0.25, 0.3) is 0 Å². The van der Waals surface area contributed by atoms with Crippen LogP contribution in [0.2, 0.25) is 0 Å². The summed E-state index contributed by atoms with van der Waals surface area (Å²) in [5.74, 6) is -0.325. The first-order valence-electron chi connectivity index (χ1n) is 5.63. The first-order chi connectivity index (χ1) is 8.49. The van der Waals surface area contributed by atoms with Gasteiger partial charge in [0.2, 0.25) is 0 Å². The quantitative estimate of drug-likeness (QED) is 0.788. The zero-order valence-corrected chi connectivity index (χ0v) is 10.4. The lowest BCUT2D eigenvalue weighted by Crippen LogP contribution is -2.44. The molecule has 1 aromatic rings. The molecule has 1 aromatic heterocycles. The van der Waals surface area contributed by atoms with Gasteiger partial charge in [-0.15, -0.1) is 0 Å². The Balaban J connectivity index is 2.50. The highest BCUT2D eigenvalue weighted by Crippen LogP contribution is 2.01. The maximum atomic E-state index is 11.8. The molecule has 2 amide bonds. The Bertz CT molecular complexity index is 389. The summed E-state index contributed by atoms with van der Waals surface area (Å²) in [6, 6.07) is 1.20. The van der Waals surface area contributed by atoms with E-state index >= 15 is 0 Å². The van der Waals surface area contributed by atoms with E-state index in [0.29, 0.717) is 12.3 Å². The van der Waals surface area contributed by atoms with E-state index < -0.39 is 12.0 Å². The SMILES string of the molecule is CC(C)CN(CC(=O)O)C(=O)NCc1ccno1. The molecule has 0 fully saturated rings. The highest BCUT2D eigenvalue weighted by molar-refractivity contribution is 5.80. The van der Waals surface area contributed by atoms with E-state index in [1.54, 1.807) is 6.07 Å². The van der Waals surface area contributed by atoms with Crippen LogP contribution in [0, 0.1) is 5.92 Å². The smallest absolute Gasteiger partial charge is 0.323 e. The van der Waals surface area contributed by atoms with Gasteiger partial charge in [0, 0.05) is 12.6 Å². The van der Waals surface area contributed by atoms with Crippen LogP contribution in [-0.2, 0) is 11.3 Å². The number of aromatic nitrogens is 1. The van der Waals surface area contributed by atoms with Crippen molar-refractivity contribution in [2.24, 2.45) is 5.92 Å². The van der Waals surface area contributed by atoms with Crippen LogP contribution in [-0.4, -0.2) is 40.3 Å². The van der Waals surface area contributed by atoms with Crippen molar-refractivity contribution < 1.29 is 19.2 Å². The predicted molar refractivity (Wildman–Crippen MR) is 62.8 cm³/mol. The number of carboxylic acids is 1.